The number of carbonyl (C=O) groups excluding carboxylic acids is 1. The highest BCUT2D eigenvalue weighted by Gasteiger charge is 2.19. The molecule has 0 aliphatic carbocycles. The van der Waals surface area contributed by atoms with Crippen LogP contribution in [0.1, 0.15) is 38.8 Å². The van der Waals surface area contributed by atoms with E-state index in [-0.39, 0.29) is 18.1 Å². The average molecular weight is 236 g/mol. The van der Waals surface area contributed by atoms with Gasteiger partial charge in [-0.3, -0.25) is 15.1 Å². The molecule has 1 unspecified atom stereocenters. The van der Waals surface area contributed by atoms with Crippen molar-refractivity contribution in [3.8, 4) is 0 Å². The van der Waals surface area contributed by atoms with Crippen LogP contribution in [-0.4, -0.2) is 23.6 Å². The van der Waals surface area contributed by atoms with E-state index in [0.717, 1.165) is 5.56 Å². The number of esters is 1. The Labute approximate surface area is 102 Å². The summed E-state index contributed by atoms with van der Waals surface area (Å²) in [6, 6.07) is 3.73. The lowest BCUT2D eigenvalue weighted by Gasteiger charge is -2.21. The standard InChI is InChI=1S/C13H20N2O2/c1-4-12(13(16)17-5-2)15-10(3)11-6-8-14-9-7-11/h6-10,12,15H,4-5H2,1-3H3/t10-,12?/m0/s1. The minimum atomic E-state index is -0.252. The van der Waals surface area contributed by atoms with Gasteiger partial charge in [0.2, 0.25) is 0 Å². The first-order valence-electron chi connectivity index (χ1n) is 6.01. The third-order valence-electron chi connectivity index (χ3n) is 2.64. The zero-order valence-corrected chi connectivity index (χ0v) is 10.6. The van der Waals surface area contributed by atoms with E-state index in [2.05, 4.69) is 10.3 Å². The van der Waals surface area contributed by atoms with Gasteiger partial charge in [0.25, 0.3) is 0 Å². The summed E-state index contributed by atoms with van der Waals surface area (Å²) >= 11 is 0. The lowest BCUT2D eigenvalue weighted by Crippen LogP contribution is -2.39. The Hall–Kier alpha value is -1.42. The van der Waals surface area contributed by atoms with Crippen molar-refractivity contribution in [2.45, 2.75) is 39.3 Å². The zero-order chi connectivity index (χ0) is 12.7. The smallest absolute Gasteiger partial charge is 0.323 e. The van der Waals surface area contributed by atoms with E-state index in [0.29, 0.717) is 13.0 Å². The quantitative estimate of drug-likeness (QED) is 0.768. The van der Waals surface area contributed by atoms with E-state index < -0.39 is 0 Å². The number of rotatable bonds is 6. The Morgan fingerprint density at radius 3 is 2.59 bits per heavy atom. The molecule has 0 spiro atoms. The minimum Gasteiger partial charge on any atom is -0.465 e. The second kappa shape index (κ2) is 7.01. The first kappa shape index (κ1) is 13.6. The first-order chi connectivity index (χ1) is 8.19. The molecule has 2 atom stereocenters. The van der Waals surface area contributed by atoms with Gasteiger partial charge in [-0.25, -0.2) is 0 Å². The van der Waals surface area contributed by atoms with Gasteiger partial charge in [0.1, 0.15) is 6.04 Å². The molecule has 0 fully saturated rings. The highest BCUT2D eigenvalue weighted by Crippen LogP contribution is 2.12. The maximum absolute atomic E-state index is 11.6. The van der Waals surface area contributed by atoms with Crippen LogP contribution in [0.5, 0.6) is 0 Å². The van der Waals surface area contributed by atoms with Gasteiger partial charge in [0.15, 0.2) is 0 Å². The molecule has 0 radical (unpaired) electrons. The lowest BCUT2D eigenvalue weighted by atomic mass is 10.1. The van der Waals surface area contributed by atoms with Crippen molar-refractivity contribution >= 4 is 5.97 Å². The summed E-state index contributed by atoms with van der Waals surface area (Å²) in [6.07, 6.45) is 4.21. The highest BCUT2D eigenvalue weighted by atomic mass is 16.5. The summed E-state index contributed by atoms with van der Waals surface area (Å²) in [5, 5.41) is 3.27. The number of nitrogens with zero attached hydrogens (tertiary/aromatic N) is 1. The maximum atomic E-state index is 11.6. The Bertz CT molecular complexity index is 341. The maximum Gasteiger partial charge on any atom is 0.323 e. The largest absolute Gasteiger partial charge is 0.465 e. The SMILES string of the molecule is CCOC(=O)C(CC)N[C@@H](C)c1ccncc1. The number of hydrogen-bond donors (Lipinski definition) is 1. The Kier molecular flexibility index (Phi) is 5.63. The van der Waals surface area contributed by atoms with Crippen molar-refractivity contribution in [3.05, 3.63) is 30.1 Å². The molecule has 0 bridgehead atoms. The van der Waals surface area contributed by atoms with Crippen molar-refractivity contribution in [2.75, 3.05) is 6.61 Å². The molecule has 4 nitrogen and oxygen atoms in total. The molecule has 0 saturated heterocycles. The van der Waals surface area contributed by atoms with E-state index in [1.165, 1.54) is 0 Å². The Morgan fingerprint density at radius 1 is 1.41 bits per heavy atom. The van der Waals surface area contributed by atoms with Crippen molar-refractivity contribution < 1.29 is 9.53 Å². The summed E-state index contributed by atoms with van der Waals surface area (Å²) in [5.74, 6) is -0.184. The fourth-order valence-corrected chi connectivity index (χ4v) is 1.65. The number of pyridine rings is 1. The molecular formula is C13H20N2O2. The van der Waals surface area contributed by atoms with Crippen LogP contribution < -0.4 is 5.32 Å². The Morgan fingerprint density at radius 2 is 2.06 bits per heavy atom. The van der Waals surface area contributed by atoms with Crippen molar-refractivity contribution in [1.82, 2.24) is 10.3 Å². The third kappa shape index (κ3) is 4.15. The van der Waals surface area contributed by atoms with Gasteiger partial charge < -0.3 is 4.74 Å². The number of ether oxygens (including phenoxy) is 1. The van der Waals surface area contributed by atoms with Crippen LogP contribution in [0.2, 0.25) is 0 Å². The molecule has 0 saturated carbocycles. The van der Waals surface area contributed by atoms with Gasteiger partial charge in [-0.05, 0) is 38.0 Å². The van der Waals surface area contributed by atoms with E-state index in [4.69, 9.17) is 4.74 Å². The monoisotopic (exact) mass is 236 g/mol. The van der Waals surface area contributed by atoms with Gasteiger partial charge in [-0.2, -0.15) is 0 Å². The average Bonchev–Trinajstić information content (AvgIpc) is 2.37. The second-order valence-electron chi connectivity index (χ2n) is 3.88. The molecule has 1 aromatic rings. The van der Waals surface area contributed by atoms with Crippen LogP contribution in [0.25, 0.3) is 0 Å². The summed E-state index contributed by atoms with van der Waals surface area (Å²) in [4.78, 5) is 15.6. The van der Waals surface area contributed by atoms with Gasteiger partial charge in [-0.15, -0.1) is 0 Å². The van der Waals surface area contributed by atoms with E-state index in [1.54, 1.807) is 12.4 Å². The number of hydrogen-bond acceptors (Lipinski definition) is 4. The summed E-state index contributed by atoms with van der Waals surface area (Å²) in [7, 11) is 0. The van der Waals surface area contributed by atoms with E-state index >= 15 is 0 Å². The highest BCUT2D eigenvalue weighted by molar-refractivity contribution is 5.75. The molecule has 94 valence electrons. The second-order valence-corrected chi connectivity index (χ2v) is 3.88. The van der Waals surface area contributed by atoms with Crippen LogP contribution in [-0.2, 0) is 9.53 Å². The predicted molar refractivity (Wildman–Crippen MR) is 66.5 cm³/mol. The van der Waals surface area contributed by atoms with Crippen molar-refractivity contribution in [2.24, 2.45) is 0 Å². The lowest BCUT2D eigenvalue weighted by molar-refractivity contribution is -0.145. The summed E-state index contributed by atoms with van der Waals surface area (Å²) in [5.41, 5.74) is 1.11. The Balaban J connectivity index is 2.59. The molecule has 4 heteroatoms. The molecule has 1 rings (SSSR count). The van der Waals surface area contributed by atoms with Crippen molar-refractivity contribution in [3.63, 3.8) is 0 Å². The molecule has 1 aromatic heterocycles. The van der Waals surface area contributed by atoms with E-state index in [9.17, 15) is 4.79 Å². The number of aromatic nitrogens is 1. The van der Waals surface area contributed by atoms with Crippen LogP contribution >= 0.6 is 0 Å². The molecule has 17 heavy (non-hydrogen) atoms. The first-order valence-corrected chi connectivity index (χ1v) is 6.01. The molecule has 0 aromatic carbocycles. The summed E-state index contributed by atoms with van der Waals surface area (Å²) < 4.78 is 5.02. The van der Waals surface area contributed by atoms with Crippen LogP contribution in [0, 0.1) is 0 Å². The minimum absolute atomic E-state index is 0.104. The molecule has 1 heterocycles. The van der Waals surface area contributed by atoms with Gasteiger partial charge >= 0.3 is 5.97 Å². The summed E-state index contributed by atoms with van der Waals surface area (Å²) in [6.45, 7) is 6.22. The molecule has 1 N–H and O–H groups in total. The van der Waals surface area contributed by atoms with Gasteiger partial charge in [0.05, 0.1) is 6.61 Å². The van der Waals surface area contributed by atoms with Gasteiger partial charge in [0, 0.05) is 18.4 Å². The zero-order valence-electron chi connectivity index (χ0n) is 10.6. The molecular weight excluding hydrogens is 216 g/mol. The van der Waals surface area contributed by atoms with Crippen LogP contribution in [0.15, 0.2) is 24.5 Å². The van der Waals surface area contributed by atoms with Gasteiger partial charge in [-0.1, -0.05) is 6.92 Å². The number of carbonyl (C=O) groups is 1. The predicted octanol–water partition coefficient (Wildman–Crippen LogP) is 2.07. The fraction of sp³-hybridized carbons (Fsp3) is 0.538. The normalized spacial score (nSPS) is 14.1. The van der Waals surface area contributed by atoms with E-state index in [1.807, 2.05) is 32.9 Å². The molecule has 0 aliphatic heterocycles. The molecule has 0 aliphatic rings. The fourth-order valence-electron chi connectivity index (χ4n) is 1.65. The van der Waals surface area contributed by atoms with Crippen molar-refractivity contribution in [1.29, 1.82) is 0 Å². The molecule has 0 amide bonds. The third-order valence-corrected chi connectivity index (χ3v) is 2.64. The number of nitrogens with one attached hydrogen (secondary N) is 1. The van der Waals surface area contributed by atoms with Crippen LogP contribution in [0.3, 0.4) is 0 Å². The topological polar surface area (TPSA) is 51.2 Å². The van der Waals surface area contributed by atoms with Crippen LogP contribution in [0.4, 0.5) is 0 Å².